The molecule has 0 N–H and O–H groups in total. The van der Waals surface area contributed by atoms with Crippen LogP contribution in [0.1, 0.15) is 16.0 Å². The van der Waals surface area contributed by atoms with Crippen molar-refractivity contribution in [2.24, 2.45) is 0 Å². The van der Waals surface area contributed by atoms with Gasteiger partial charge in [-0.1, -0.05) is 48.2 Å². The number of carbonyl (C=O) groups excluding carboxylic acids is 2. The van der Waals surface area contributed by atoms with Crippen LogP contribution in [-0.2, 0) is 22.3 Å². The summed E-state index contributed by atoms with van der Waals surface area (Å²) in [6, 6.07) is 17.4. The first-order chi connectivity index (χ1) is 14.3. The Kier molecular flexibility index (Phi) is 5.53. The fourth-order valence-corrected chi connectivity index (χ4v) is 4.92. The summed E-state index contributed by atoms with van der Waals surface area (Å²) < 4.78 is 39.1. The second-order valence-electron chi connectivity index (χ2n) is 6.49. The number of rotatable bonds is 5. The van der Waals surface area contributed by atoms with Gasteiger partial charge in [0.25, 0.3) is 11.8 Å². The summed E-state index contributed by atoms with van der Waals surface area (Å²) >= 11 is 2.52. The monoisotopic (exact) mass is 445 g/mol. The van der Waals surface area contributed by atoms with Gasteiger partial charge in [0.2, 0.25) is 0 Å². The van der Waals surface area contributed by atoms with Crippen molar-refractivity contribution in [2.45, 2.75) is 17.6 Å². The van der Waals surface area contributed by atoms with Crippen LogP contribution in [0.4, 0.5) is 13.2 Å². The molecule has 8 heteroatoms. The first-order valence-electron chi connectivity index (χ1n) is 8.88. The summed E-state index contributed by atoms with van der Waals surface area (Å²) in [6.45, 7) is -0.227. The minimum Gasteiger partial charge on any atom is -0.269 e. The van der Waals surface area contributed by atoms with Crippen LogP contribution < -0.4 is 0 Å². The molecule has 3 nitrogen and oxygen atoms in total. The third kappa shape index (κ3) is 4.06. The zero-order valence-electron chi connectivity index (χ0n) is 15.3. The number of alkyl halides is 3. The molecule has 0 fully saturated rings. The minimum atomic E-state index is -4.50. The Morgan fingerprint density at radius 2 is 1.67 bits per heavy atom. The third-order valence-electron chi connectivity index (χ3n) is 4.45. The molecule has 2 heterocycles. The van der Waals surface area contributed by atoms with E-state index in [4.69, 9.17) is 0 Å². The normalized spacial score (nSPS) is 14.7. The number of halogens is 3. The summed E-state index contributed by atoms with van der Waals surface area (Å²) in [7, 11) is 0. The number of hydrogen-bond donors (Lipinski definition) is 0. The van der Waals surface area contributed by atoms with Gasteiger partial charge in [0.1, 0.15) is 0 Å². The van der Waals surface area contributed by atoms with Crippen LogP contribution in [0.3, 0.4) is 0 Å². The highest BCUT2D eigenvalue weighted by atomic mass is 32.2. The van der Waals surface area contributed by atoms with Gasteiger partial charge in [-0.3, -0.25) is 14.5 Å². The molecule has 30 heavy (non-hydrogen) atoms. The number of thioether (sulfide) groups is 1. The van der Waals surface area contributed by atoms with Crippen molar-refractivity contribution < 1.29 is 22.8 Å². The van der Waals surface area contributed by atoms with E-state index in [1.165, 1.54) is 35.2 Å². The lowest BCUT2D eigenvalue weighted by Gasteiger charge is -2.16. The molecule has 2 aromatic carbocycles. The lowest BCUT2D eigenvalue weighted by atomic mass is 10.1. The minimum absolute atomic E-state index is 0.227. The van der Waals surface area contributed by atoms with E-state index in [1.807, 2.05) is 30.3 Å². The van der Waals surface area contributed by atoms with Crippen LogP contribution in [0.25, 0.3) is 5.57 Å². The Balaban J connectivity index is 1.68. The predicted molar refractivity (Wildman–Crippen MR) is 111 cm³/mol. The first kappa shape index (κ1) is 20.4. The Labute approximate surface area is 178 Å². The van der Waals surface area contributed by atoms with Gasteiger partial charge in [-0.25, -0.2) is 0 Å². The molecule has 0 atom stereocenters. The van der Waals surface area contributed by atoms with Crippen LogP contribution in [0.2, 0.25) is 0 Å². The highest BCUT2D eigenvalue weighted by molar-refractivity contribution is 8.04. The summed E-state index contributed by atoms with van der Waals surface area (Å²) in [5, 5.41) is 1.81. The molecule has 3 aromatic rings. The largest absolute Gasteiger partial charge is 0.416 e. The Morgan fingerprint density at radius 1 is 0.900 bits per heavy atom. The maximum absolute atomic E-state index is 13.1. The summed E-state index contributed by atoms with van der Waals surface area (Å²) in [4.78, 5) is 29.0. The second kappa shape index (κ2) is 8.12. The highest BCUT2D eigenvalue weighted by Crippen LogP contribution is 2.41. The van der Waals surface area contributed by atoms with Crippen LogP contribution in [0.5, 0.6) is 0 Å². The number of thiophene rings is 1. The molecule has 0 radical (unpaired) electrons. The van der Waals surface area contributed by atoms with Crippen molar-refractivity contribution >= 4 is 40.5 Å². The smallest absolute Gasteiger partial charge is 0.269 e. The van der Waals surface area contributed by atoms with E-state index in [9.17, 15) is 22.8 Å². The van der Waals surface area contributed by atoms with Crippen LogP contribution in [0.15, 0.2) is 81.9 Å². The molecular formula is C22H14F3NO2S2. The standard InChI is InChI=1S/C22H14F3NO2S2/c23-22(24,25)15-7-4-6-14(12-15)13-26-20(27)18(17-10-5-11-29-17)19(21(26)28)30-16-8-2-1-3-9-16/h1-12H,13H2. The van der Waals surface area contributed by atoms with Gasteiger partial charge in [0.15, 0.2) is 0 Å². The molecule has 1 aliphatic heterocycles. The molecule has 0 aliphatic carbocycles. The van der Waals surface area contributed by atoms with Gasteiger partial charge in [0, 0.05) is 9.77 Å². The van der Waals surface area contributed by atoms with Gasteiger partial charge >= 0.3 is 6.18 Å². The second-order valence-corrected chi connectivity index (χ2v) is 8.52. The third-order valence-corrected chi connectivity index (χ3v) is 6.43. The maximum Gasteiger partial charge on any atom is 0.416 e. The van der Waals surface area contributed by atoms with E-state index >= 15 is 0 Å². The van der Waals surface area contributed by atoms with E-state index < -0.39 is 23.6 Å². The van der Waals surface area contributed by atoms with Crippen LogP contribution >= 0.6 is 23.1 Å². The molecule has 0 saturated carbocycles. The quantitative estimate of drug-likeness (QED) is 0.463. The molecule has 152 valence electrons. The van der Waals surface area contributed by atoms with Crippen molar-refractivity contribution in [1.82, 2.24) is 4.90 Å². The Bertz CT molecular complexity index is 1120. The molecule has 1 aromatic heterocycles. The number of amides is 2. The van der Waals surface area contributed by atoms with Gasteiger partial charge in [-0.2, -0.15) is 13.2 Å². The van der Waals surface area contributed by atoms with Crippen LogP contribution in [-0.4, -0.2) is 16.7 Å². The molecule has 1 aliphatic rings. The van der Waals surface area contributed by atoms with E-state index in [-0.39, 0.29) is 22.6 Å². The van der Waals surface area contributed by atoms with Crippen molar-refractivity contribution in [1.29, 1.82) is 0 Å². The maximum atomic E-state index is 13.1. The number of carbonyl (C=O) groups is 2. The van der Waals surface area contributed by atoms with Crippen molar-refractivity contribution in [3.05, 3.63) is 93.0 Å². The predicted octanol–water partition coefficient (Wildman–Crippen LogP) is 5.84. The summed E-state index contributed by atoms with van der Waals surface area (Å²) in [5.41, 5.74) is -0.289. The van der Waals surface area contributed by atoms with E-state index in [2.05, 4.69) is 0 Å². The Morgan fingerprint density at radius 3 is 2.33 bits per heavy atom. The van der Waals surface area contributed by atoms with Gasteiger partial charge in [-0.15, -0.1) is 11.3 Å². The molecule has 0 spiro atoms. The molecule has 0 unspecified atom stereocenters. The van der Waals surface area contributed by atoms with E-state index in [0.29, 0.717) is 4.88 Å². The average molecular weight is 445 g/mol. The highest BCUT2D eigenvalue weighted by Gasteiger charge is 2.40. The lowest BCUT2D eigenvalue weighted by molar-refractivity contribution is -0.137. The fraction of sp³-hybridized carbons (Fsp3) is 0.0909. The zero-order chi connectivity index (χ0) is 21.3. The molecule has 4 rings (SSSR count). The van der Waals surface area contributed by atoms with Crippen molar-refractivity contribution in [3.8, 4) is 0 Å². The number of nitrogens with zero attached hydrogens (tertiary/aromatic N) is 1. The number of imide groups is 1. The Hall–Kier alpha value is -2.84. The van der Waals surface area contributed by atoms with Gasteiger partial charge in [-0.05, 0) is 41.3 Å². The van der Waals surface area contributed by atoms with E-state index in [0.717, 1.165) is 21.9 Å². The summed E-state index contributed by atoms with van der Waals surface area (Å²) in [5.74, 6) is -1.01. The number of hydrogen-bond acceptors (Lipinski definition) is 4. The van der Waals surface area contributed by atoms with Crippen molar-refractivity contribution in [3.63, 3.8) is 0 Å². The van der Waals surface area contributed by atoms with Crippen LogP contribution in [0, 0.1) is 0 Å². The molecular weight excluding hydrogens is 431 g/mol. The fourth-order valence-electron chi connectivity index (χ4n) is 3.07. The van der Waals surface area contributed by atoms with Gasteiger partial charge in [0.05, 0.1) is 22.6 Å². The number of benzene rings is 2. The SMILES string of the molecule is O=C1C(Sc2ccccc2)=C(c2cccs2)C(=O)N1Cc1cccc(C(F)(F)F)c1. The van der Waals surface area contributed by atoms with E-state index in [1.54, 1.807) is 17.5 Å². The van der Waals surface area contributed by atoms with Crippen molar-refractivity contribution in [2.75, 3.05) is 0 Å². The van der Waals surface area contributed by atoms with Gasteiger partial charge < -0.3 is 0 Å². The molecule has 2 amide bonds. The lowest BCUT2D eigenvalue weighted by Crippen LogP contribution is -2.31. The first-order valence-corrected chi connectivity index (χ1v) is 10.6. The molecule has 0 bridgehead atoms. The average Bonchev–Trinajstić information content (AvgIpc) is 3.32. The summed E-state index contributed by atoms with van der Waals surface area (Å²) in [6.07, 6.45) is -4.50. The molecule has 0 saturated heterocycles. The zero-order valence-corrected chi connectivity index (χ0v) is 17.0. The topological polar surface area (TPSA) is 37.4 Å².